The number of nitrogens with zero attached hydrogens (tertiary/aromatic N) is 2. The molecule has 2 atom stereocenters. The Morgan fingerprint density at radius 2 is 1.96 bits per heavy atom. The molecule has 2 fully saturated rings. The summed E-state index contributed by atoms with van der Waals surface area (Å²) in [7, 11) is 0. The number of aromatic amines is 1. The molecule has 0 saturated carbocycles. The number of piperidine rings is 1. The first-order valence-electron chi connectivity index (χ1n) is 9.10. The second-order valence-corrected chi connectivity index (χ2v) is 7.77. The number of aliphatic hydroxyl groups is 1. The van der Waals surface area contributed by atoms with Gasteiger partial charge in [-0.2, -0.15) is 5.10 Å². The second-order valence-electron chi connectivity index (χ2n) is 7.77. The van der Waals surface area contributed by atoms with Crippen LogP contribution in [0.15, 0.2) is 0 Å². The first-order valence-corrected chi connectivity index (χ1v) is 9.10. The van der Waals surface area contributed by atoms with E-state index < -0.39 is 17.2 Å². The molecule has 1 aromatic heterocycles. The summed E-state index contributed by atoms with van der Waals surface area (Å²) in [5.41, 5.74) is 0.634. The predicted molar refractivity (Wildman–Crippen MR) is 94.7 cm³/mol. The van der Waals surface area contributed by atoms with Crippen LogP contribution in [0.4, 0.5) is 0 Å². The minimum atomic E-state index is -0.817. The van der Waals surface area contributed by atoms with Crippen molar-refractivity contribution in [3.05, 3.63) is 17.0 Å². The molecule has 0 aliphatic carbocycles. The van der Waals surface area contributed by atoms with Crippen LogP contribution >= 0.6 is 0 Å². The van der Waals surface area contributed by atoms with Gasteiger partial charge in [0.15, 0.2) is 0 Å². The number of carbonyl (C=O) groups excluding carboxylic acids is 2. The van der Waals surface area contributed by atoms with Crippen LogP contribution in [-0.2, 0) is 9.53 Å². The van der Waals surface area contributed by atoms with Crippen LogP contribution in [0.25, 0.3) is 0 Å². The maximum atomic E-state index is 12.8. The van der Waals surface area contributed by atoms with E-state index >= 15 is 0 Å². The normalized spacial score (nSPS) is 28.2. The van der Waals surface area contributed by atoms with Crippen molar-refractivity contribution in [2.24, 2.45) is 0 Å². The maximum Gasteiger partial charge on any atom is 0.257 e. The Kier molecular flexibility index (Phi) is 4.83. The largest absolute Gasteiger partial charge is 0.388 e. The highest BCUT2D eigenvalue weighted by Crippen LogP contribution is 2.40. The predicted octanol–water partition coefficient (Wildman–Crippen LogP) is 0.677. The quantitative estimate of drug-likeness (QED) is 0.715. The molecular formula is C18H28N4O4. The van der Waals surface area contributed by atoms with Gasteiger partial charge in [0.05, 0.1) is 22.4 Å². The summed E-state index contributed by atoms with van der Waals surface area (Å²) >= 11 is 0. The summed E-state index contributed by atoms with van der Waals surface area (Å²) in [5, 5.41) is 20.8. The third-order valence-corrected chi connectivity index (χ3v) is 5.81. The van der Waals surface area contributed by atoms with Gasteiger partial charge >= 0.3 is 0 Å². The van der Waals surface area contributed by atoms with Crippen LogP contribution in [0.1, 0.15) is 54.9 Å². The summed E-state index contributed by atoms with van der Waals surface area (Å²) in [6.07, 6.45) is 0.809. The number of ether oxygens (including phenoxy) is 1. The molecule has 3 heterocycles. The van der Waals surface area contributed by atoms with Crippen LogP contribution in [0.2, 0.25) is 0 Å². The van der Waals surface area contributed by atoms with Gasteiger partial charge in [-0.25, -0.2) is 0 Å². The van der Waals surface area contributed by atoms with E-state index in [0.717, 1.165) is 5.69 Å². The molecule has 0 radical (unpaired) electrons. The van der Waals surface area contributed by atoms with Gasteiger partial charge in [0.2, 0.25) is 5.91 Å². The SMILES string of the molecule is CC(=O)N[C@@]1(C)CCOC2(CCN(C(=O)c3c(C)n[nH]c3C)CC2)[C@@H]1O. The lowest BCUT2D eigenvalue weighted by Crippen LogP contribution is -2.69. The first kappa shape index (κ1) is 18.8. The highest BCUT2D eigenvalue weighted by atomic mass is 16.5. The van der Waals surface area contributed by atoms with Gasteiger partial charge in [-0.15, -0.1) is 0 Å². The molecule has 0 bridgehead atoms. The van der Waals surface area contributed by atoms with Crippen molar-refractivity contribution in [1.29, 1.82) is 0 Å². The van der Waals surface area contributed by atoms with Crippen LogP contribution < -0.4 is 5.32 Å². The van der Waals surface area contributed by atoms with E-state index in [4.69, 9.17) is 4.74 Å². The molecule has 2 saturated heterocycles. The van der Waals surface area contributed by atoms with Gasteiger partial charge in [0.25, 0.3) is 5.91 Å². The molecule has 3 rings (SSSR count). The fourth-order valence-electron chi connectivity index (χ4n) is 4.33. The maximum absolute atomic E-state index is 12.8. The average molecular weight is 364 g/mol. The van der Waals surface area contributed by atoms with Crippen molar-refractivity contribution in [3.63, 3.8) is 0 Å². The van der Waals surface area contributed by atoms with E-state index in [0.29, 0.717) is 50.2 Å². The minimum Gasteiger partial charge on any atom is -0.388 e. The van der Waals surface area contributed by atoms with E-state index in [1.54, 1.807) is 4.90 Å². The van der Waals surface area contributed by atoms with Crippen LogP contribution in [0.5, 0.6) is 0 Å². The van der Waals surface area contributed by atoms with Crippen molar-refractivity contribution in [3.8, 4) is 0 Å². The molecule has 2 amide bonds. The van der Waals surface area contributed by atoms with E-state index in [9.17, 15) is 14.7 Å². The van der Waals surface area contributed by atoms with Crippen molar-refractivity contribution in [1.82, 2.24) is 20.4 Å². The monoisotopic (exact) mass is 364 g/mol. The number of hydrogen-bond donors (Lipinski definition) is 3. The summed E-state index contributed by atoms with van der Waals surface area (Å²) < 4.78 is 6.00. The highest BCUT2D eigenvalue weighted by Gasteiger charge is 2.54. The number of nitrogens with one attached hydrogen (secondary N) is 2. The summed E-state index contributed by atoms with van der Waals surface area (Å²) in [6, 6.07) is 0. The number of carbonyl (C=O) groups is 2. The fourth-order valence-corrected chi connectivity index (χ4v) is 4.33. The fraction of sp³-hybridized carbons (Fsp3) is 0.722. The molecule has 3 N–H and O–H groups in total. The van der Waals surface area contributed by atoms with Gasteiger partial charge in [-0.05, 0) is 40.0 Å². The smallest absolute Gasteiger partial charge is 0.257 e. The Hall–Kier alpha value is -1.93. The molecule has 1 aromatic rings. The molecular weight excluding hydrogens is 336 g/mol. The third kappa shape index (κ3) is 3.12. The molecule has 8 nitrogen and oxygen atoms in total. The first-order chi connectivity index (χ1) is 12.2. The molecule has 0 aromatic carbocycles. The van der Waals surface area contributed by atoms with Gasteiger partial charge in [0.1, 0.15) is 6.10 Å². The second kappa shape index (κ2) is 6.66. The van der Waals surface area contributed by atoms with Crippen molar-refractivity contribution < 1.29 is 19.4 Å². The Morgan fingerprint density at radius 1 is 1.31 bits per heavy atom. The van der Waals surface area contributed by atoms with E-state index in [2.05, 4.69) is 15.5 Å². The number of H-pyrrole nitrogens is 1. The molecule has 8 heteroatoms. The number of aryl methyl sites for hydroxylation is 2. The Balaban J connectivity index is 1.73. The summed E-state index contributed by atoms with van der Waals surface area (Å²) in [5.74, 6) is -0.208. The van der Waals surface area contributed by atoms with E-state index in [-0.39, 0.29) is 11.8 Å². The lowest BCUT2D eigenvalue weighted by atomic mass is 9.73. The molecule has 1 spiro atoms. The molecule has 26 heavy (non-hydrogen) atoms. The van der Waals surface area contributed by atoms with Gasteiger partial charge in [-0.1, -0.05) is 0 Å². The number of hydrogen-bond acceptors (Lipinski definition) is 5. The summed E-state index contributed by atoms with van der Waals surface area (Å²) in [6.45, 7) is 8.44. The van der Waals surface area contributed by atoms with Crippen LogP contribution in [0, 0.1) is 13.8 Å². The lowest BCUT2D eigenvalue weighted by molar-refractivity contribution is -0.205. The Bertz CT molecular complexity index is 689. The minimum absolute atomic E-state index is 0.0430. The Labute approximate surface area is 153 Å². The van der Waals surface area contributed by atoms with E-state index in [1.165, 1.54) is 6.92 Å². The van der Waals surface area contributed by atoms with E-state index in [1.807, 2.05) is 20.8 Å². The zero-order chi connectivity index (χ0) is 19.1. The van der Waals surface area contributed by atoms with Crippen LogP contribution in [-0.4, -0.2) is 69.0 Å². The van der Waals surface area contributed by atoms with Crippen molar-refractivity contribution in [2.45, 2.75) is 64.2 Å². The lowest BCUT2D eigenvalue weighted by Gasteiger charge is -2.53. The zero-order valence-corrected chi connectivity index (χ0v) is 15.9. The molecule has 2 aliphatic heterocycles. The number of aliphatic hydroxyl groups excluding tert-OH is 1. The topological polar surface area (TPSA) is 108 Å². The van der Waals surface area contributed by atoms with Gasteiger partial charge < -0.3 is 20.1 Å². The highest BCUT2D eigenvalue weighted by molar-refractivity contribution is 5.96. The number of amides is 2. The molecule has 0 unspecified atom stereocenters. The van der Waals surface area contributed by atoms with Crippen LogP contribution in [0.3, 0.4) is 0 Å². The molecule has 144 valence electrons. The molecule has 2 aliphatic rings. The number of rotatable bonds is 2. The average Bonchev–Trinajstić information content (AvgIpc) is 2.91. The van der Waals surface area contributed by atoms with Gasteiger partial charge in [0, 0.05) is 32.3 Å². The standard InChI is InChI=1S/C18H28N4O4/c1-11-14(12(2)21-20-11)15(24)22-8-5-18(6-9-22)16(25)17(4,7-10-26-18)19-13(3)23/h16,25H,5-10H2,1-4H3,(H,19,23)(H,20,21)/t16-,17+/m1/s1. The zero-order valence-electron chi connectivity index (χ0n) is 15.9. The van der Waals surface area contributed by atoms with Crippen molar-refractivity contribution >= 4 is 11.8 Å². The number of likely N-dealkylation sites (tertiary alicyclic amines) is 1. The summed E-state index contributed by atoms with van der Waals surface area (Å²) in [4.78, 5) is 26.2. The third-order valence-electron chi connectivity index (χ3n) is 5.81. The van der Waals surface area contributed by atoms with Gasteiger partial charge in [-0.3, -0.25) is 14.7 Å². The van der Waals surface area contributed by atoms with Crippen molar-refractivity contribution in [2.75, 3.05) is 19.7 Å². The Morgan fingerprint density at radius 3 is 2.50 bits per heavy atom. The number of aromatic nitrogens is 2.